The number of rotatable bonds is 2. The highest BCUT2D eigenvalue weighted by Crippen LogP contribution is 2.34. The molecular formula is C14H15BrN2S. The van der Waals surface area contributed by atoms with Crippen molar-refractivity contribution in [2.24, 2.45) is 0 Å². The Hall–Kier alpha value is -1.000. The molecule has 2 N–H and O–H groups in total. The fraction of sp³-hybridized carbons (Fsp3) is 0.286. The molecule has 1 aromatic carbocycles. The summed E-state index contributed by atoms with van der Waals surface area (Å²) in [5.41, 5.74) is 10.8. The second-order valence-electron chi connectivity index (χ2n) is 4.74. The van der Waals surface area contributed by atoms with Crippen molar-refractivity contribution < 1.29 is 0 Å². The van der Waals surface area contributed by atoms with Gasteiger partial charge in [-0.2, -0.15) is 0 Å². The fourth-order valence-corrected chi connectivity index (χ4v) is 3.90. The van der Waals surface area contributed by atoms with Gasteiger partial charge in [0.1, 0.15) is 0 Å². The highest BCUT2D eigenvalue weighted by molar-refractivity contribution is 9.10. The lowest BCUT2D eigenvalue weighted by atomic mass is 10.1. The van der Waals surface area contributed by atoms with Crippen molar-refractivity contribution in [3.8, 4) is 0 Å². The SMILES string of the molecule is Cc1cc2c(cc1N)N(Cc1cc(Br)cs1)CC2. The van der Waals surface area contributed by atoms with Gasteiger partial charge >= 0.3 is 0 Å². The van der Waals surface area contributed by atoms with Gasteiger partial charge in [0.2, 0.25) is 0 Å². The molecule has 94 valence electrons. The summed E-state index contributed by atoms with van der Waals surface area (Å²) in [6.45, 7) is 4.15. The number of fused-ring (bicyclic) bond motifs is 1. The highest BCUT2D eigenvalue weighted by atomic mass is 79.9. The molecule has 3 rings (SSSR count). The average molecular weight is 323 g/mol. The third-order valence-corrected chi connectivity index (χ3v) is 5.11. The first-order chi connectivity index (χ1) is 8.63. The molecule has 0 atom stereocenters. The Labute approximate surface area is 120 Å². The van der Waals surface area contributed by atoms with Gasteiger partial charge in [-0.15, -0.1) is 11.3 Å². The number of hydrogen-bond acceptors (Lipinski definition) is 3. The smallest absolute Gasteiger partial charge is 0.0523 e. The maximum absolute atomic E-state index is 6.02. The number of aryl methyl sites for hydroxylation is 1. The molecule has 0 amide bonds. The molecule has 0 fully saturated rings. The summed E-state index contributed by atoms with van der Waals surface area (Å²) in [5, 5.41) is 2.13. The van der Waals surface area contributed by atoms with E-state index in [4.69, 9.17) is 5.73 Å². The molecular weight excluding hydrogens is 308 g/mol. The van der Waals surface area contributed by atoms with Crippen LogP contribution in [0.25, 0.3) is 0 Å². The van der Waals surface area contributed by atoms with Crippen LogP contribution in [0.4, 0.5) is 11.4 Å². The number of hydrogen-bond donors (Lipinski definition) is 1. The topological polar surface area (TPSA) is 29.3 Å². The Morgan fingerprint density at radius 2 is 2.22 bits per heavy atom. The lowest BCUT2D eigenvalue weighted by Gasteiger charge is -2.19. The molecule has 1 aliphatic rings. The van der Waals surface area contributed by atoms with Crippen LogP contribution in [-0.4, -0.2) is 6.54 Å². The van der Waals surface area contributed by atoms with Gasteiger partial charge in [0.25, 0.3) is 0 Å². The fourth-order valence-electron chi connectivity index (χ4n) is 2.43. The molecule has 1 aliphatic heterocycles. The molecule has 0 saturated carbocycles. The van der Waals surface area contributed by atoms with Crippen LogP contribution < -0.4 is 10.6 Å². The Kier molecular flexibility index (Phi) is 3.08. The molecule has 18 heavy (non-hydrogen) atoms. The molecule has 0 spiro atoms. The molecule has 2 heterocycles. The van der Waals surface area contributed by atoms with E-state index in [1.54, 1.807) is 11.3 Å². The minimum atomic E-state index is 0.896. The van der Waals surface area contributed by atoms with Crippen molar-refractivity contribution in [1.29, 1.82) is 0 Å². The standard InChI is InChI=1S/C14H15BrN2S/c1-9-4-10-2-3-17(14(10)6-13(9)16)7-12-5-11(15)8-18-12/h4-6,8H,2-3,7,16H2,1H3. The highest BCUT2D eigenvalue weighted by Gasteiger charge is 2.20. The molecule has 0 bridgehead atoms. The lowest BCUT2D eigenvalue weighted by molar-refractivity contribution is 0.846. The van der Waals surface area contributed by atoms with E-state index in [1.807, 2.05) is 0 Å². The van der Waals surface area contributed by atoms with E-state index in [9.17, 15) is 0 Å². The van der Waals surface area contributed by atoms with Crippen molar-refractivity contribution in [3.63, 3.8) is 0 Å². The van der Waals surface area contributed by atoms with Crippen LogP contribution in [0, 0.1) is 6.92 Å². The normalized spacial score (nSPS) is 14.0. The predicted octanol–water partition coefficient (Wildman–Crippen LogP) is 3.96. The van der Waals surface area contributed by atoms with Gasteiger partial charge in [-0.25, -0.2) is 0 Å². The van der Waals surface area contributed by atoms with Gasteiger partial charge in [-0.05, 0) is 52.5 Å². The summed E-state index contributed by atoms with van der Waals surface area (Å²) >= 11 is 5.30. The average Bonchev–Trinajstić information content (AvgIpc) is 2.89. The minimum Gasteiger partial charge on any atom is -0.398 e. The molecule has 1 aromatic heterocycles. The number of halogens is 1. The van der Waals surface area contributed by atoms with E-state index in [2.05, 4.69) is 51.3 Å². The van der Waals surface area contributed by atoms with E-state index in [1.165, 1.54) is 26.2 Å². The number of nitrogen functional groups attached to an aromatic ring is 1. The number of nitrogens with two attached hydrogens (primary N) is 1. The van der Waals surface area contributed by atoms with Crippen molar-refractivity contribution in [3.05, 3.63) is 44.1 Å². The Balaban J connectivity index is 1.88. The third kappa shape index (κ3) is 2.15. The van der Waals surface area contributed by atoms with Crippen molar-refractivity contribution >= 4 is 38.6 Å². The maximum Gasteiger partial charge on any atom is 0.0523 e. The Morgan fingerprint density at radius 1 is 1.39 bits per heavy atom. The second-order valence-corrected chi connectivity index (χ2v) is 6.65. The number of anilines is 2. The van der Waals surface area contributed by atoms with Crippen LogP contribution in [0.2, 0.25) is 0 Å². The van der Waals surface area contributed by atoms with Gasteiger partial charge < -0.3 is 10.6 Å². The van der Waals surface area contributed by atoms with Crippen LogP contribution in [-0.2, 0) is 13.0 Å². The van der Waals surface area contributed by atoms with E-state index >= 15 is 0 Å². The van der Waals surface area contributed by atoms with Gasteiger partial charge in [-0.1, -0.05) is 6.07 Å². The number of benzene rings is 1. The molecule has 2 nitrogen and oxygen atoms in total. The summed E-state index contributed by atoms with van der Waals surface area (Å²) in [6.07, 6.45) is 1.13. The summed E-state index contributed by atoms with van der Waals surface area (Å²) in [5.74, 6) is 0. The number of thiophene rings is 1. The molecule has 4 heteroatoms. The van der Waals surface area contributed by atoms with Crippen LogP contribution in [0.3, 0.4) is 0 Å². The minimum absolute atomic E-state index is 0.896. The third-order valence-electron chi connectivity index (χ3n) is 3.43. The summed E-state index contributed by atoms with van der Waals surface area (Å²) in [7, 11) is 0. The van der Waals surface area contributed by atoms with Crippen LogP contribution in [0.1, 0.15) is 16.0 Å². The number of nitrogens with zero attached hydrogens (tertiary/aromatic N) is 1. The zero-order chi connectivity index (χ0) is 12.7. The quantitative estimate of drug-likeness (QED) is 0.848. The van der Waals surface area contributed by atoms with E-state index < -0.39 is 0 Å². The Bertz CT molecular complexity index is 591. The monoisotopic (exact) mass is 322 g/mol. The van der Waals surface area contributed by atoms with Crippen LogP contribution in [0.5, 0.6) is 0 Å². The van der Waals surface area contributed by atoms with Gasteiger partial charge in [0, 0.05) is 32.6 Å². The van der Waals surface area contributed by atoms with E-state index in [0.29, 0.717) is 0 Å². The van der Waals surface area contributed by atoms with Crippen molar-refractivity contribution in [1.82, 2.24) is 0 Å². The largest absolute Gasteiger partial charge is 0.398 e. The van der Waals surface area contributed by atoms with Gasteiger partial charge in [-0.3, -0.25) is 0 Å². The lowest BCUT2D eigenvalue weighted by Crippen LogP contribution is -2.19. The summed E-state index contributed by atoms with van der Waals surface area (Å²) in [6, 6.07) is 6.55. The first-order valence-corrected chi connectivity index (χ1v) is 7.67. The first-order valence-electron chi connectivity index (χ1n) is 6.00. The predicted molar refractivity (Wildman–Crippen MR) is 82.4 cm³/mol. The summed E-state index contributed by atoms with van der Waals surface area (Å²) < 4.78 is 1.17. The second kappa shape index (κ2) is 4.59. The van der Waals surface area contributed by atoms with Gasteiger partial charge in [0.05, 0.1) is 6.54 Å². The zero-order valence-corrected chi connectivity index (χ0v) is 12.6. The van der Waals surface area contributed by atoms with Crippen LogP contribution in [0.15, 0.2) is 28.1 Å². The van der Waals surface area contributed by atoms with Crippen molar-refractivity contribution in [2.75, 3.05) is 17.2 Å². The van der Waals surface area contributed by atoms with Crippen LogP contribution >= 0.6 is 27.3 Å². The maximum atomic E-state index is 6.02. The summed E-state index contributed by atoms with van der Waals surface area (Å²) in [4.78, 5) is 3.80. The molecule has 0 aliphatic carbocycles. The molecule has 2 aromatic rings. The van der Waals surface area contributed by atoms with Gasteiger partial charge in [0.15, 0.2) is 0 Å². The molecule has 0 saturated heterocycles. The molecule has 0 radical (unpaired) electrons. The van der Waals surface area contributed by atoms with Crippen molar-refractivity contribution in [2.45, 2.75) is 19.9 Å². The first kappa shape index (κ1) is 12.1. The van der Waals surface area contributed by atoms with E-state index in [0.717, 1.165) is 25.2 Å². The Morgan fingerprint density at radius 3 is 2.94 bits per heavy atom. The zero-order valence-electron chi connectivity index (χ0n) is 10.2. The molecule has 0 unspecified atom stereocenters. The van der Waals surface area contributed by atoms with E-state index in [-0.39, 0.29) is 0 Å².